The molecule has 0 saturated carbocycles. The summed E-state index contributed by atoms with van der Waals surface area (Å²) in [4.78, 5) is 2.55. The number of aliphatic hydroxyl groups excluding tert-OH is 1. The minimum Gasteiger partial charge on any atom is -0.396 e. The lowest BCUT2D eigenvalue weighted by Gasteiger charge is -2.28. The minimum atomic E-state index is 0.305. The summed E-state index contributed by atoms with van der Waals surface area (Å²) in [6, 6.07) is 0.690. The molecule has 0 aromatic heterocycles. The molecule has 1 atom stereocenters. The predicted molar refractivity (Wildman–Crippen MR) is 77.9 cm³/mol. The fraction of sp³-hybridized carbons (Fsp3) is 1.00. The molecule has 1 aliphatic heterocycles. The molecule has 1 rings (SSSR count). The quantitative estimate of drug-likeness (QED) is 0.733. The first-order chi connectivity index (χ1) is 8.57. The van der Waals surface area contributed by atoms with Crippen LogP contribution >= 0.6 is 0 Å². The van der Waals surface area contributed by atoms with Crippen molar-refractivity contribution < 1.29 is 5.11 Å². The maximum absolute atomic E-state index is 8.91. The monoisotopic (exact) mass is 256 g/mol. The molecule has 1 fully saturated rings. The van der Waals surface area contributed by atoms with E-state index in [2.05, 4.69) is 31.0 Å². The fourth-order valence-electron chi connectivity index (χ4n) is 2.74. The summed E-state index contributed by atoms with van der Waals surface area (Å²) in [6.07, 6.45) is 5.94. The maximum atomic E-state index is 8.91. The normalized spacial score (nSPS) is 23.0. The molecule has 0 bridgehead atoms. The summed E-state index contributed by atoms with van der Waals surface area (Å²) in [5.74, 6) is 0. The van der Waals surface area contributed by atoms with E-state index < -0.39 is 0 Å². The first-order valence-electron chi connectivity index (χ1n) is 7.64. The third kappa shape index (κ3) is 6.17. The lowest BCUT2D eigenvalue weighted by atomic mass is 9.87. The van der Waals surface area contributed by atoms with Gasteiger partial charge in [0, 0.05) is 19.2 Å². The molecule has 3 heteroatoms. The Hall–Kier alpha value is -0.120. The van der Waals surface area contributed by atoms with Crippen LogP contribution in [0.1, 0.15) is 52.9 Å². The van der Waals surface area contributed by atoms with E-state index in [1.54, 1.807) is 0 Å². The van der Waals surface area contributed by atoms with E-state index in [9.17, 15) is 0 Å². The van der Waals surface area contributed by atoms with Crippen LogP contribution in [0.4, 0.5) is 0 Å². The molecule has 0 aromatic carbocycles. The topological polar surface area (TPSA) is 35.5 Å². The molecule has 0 amide bonds. The number of hydrogen-bond donors (Lipinski definition) is 2. The zero-order valence-corrected chi connectivity index (χ0v) is 12.5. The summed E-state index contributed by atoms with van der Waals surface area (Å²) >= 11 is 0. The van der Waals surface area contributed by atoms with E-state index in [1.165, 1.54) is 38.9 Å². The van der Waals surface area contributed by atoms with Crippen molar-refractivity contribution in [1.29, 1.82) is 0 Å². The molecule has 0 spiro atoms. The van der Waals surface area contributed by atoms with Crippen LogP contribution in [0.25, 0.3) is 0 Å². The van der Waals surface area contributed by atoms with Gasteiger partial charge in [0.1, 0.15) is 0 Å². The lowest BCUT2D eigenvalue weighted by Crippen LogP contribution is -2.37. The van der Waals surface area contributed by atoms with Crippen LogP contribution in [-0.2, 0) is 0 Å². The first kappa shape index (κ1) is 15.9. The Morgan fingerprint density at radius 3 is 2.72 bits per heavy atom. The van der Waals surface area contributed by atoms with Crippen LogP contribution in [0.2, 0.25) is 0 Å². The summed E-state index contributed by atoms with van der Waals surface area (Å²) in [5, 5.41) is 12.7. The van der Waals surface area contributed by atoms with E-state index in [1.807, 2.05) is 0 Å². The zero-order valence-electron chi connectivity index (χ0n) is 12.5. The molecule has 1 unspecified atom stereocenters. The van der Waals surface area contributed by atoms with Gasteiger partial charge < -0.3 is 15.3 Å². The molecule has 3 nitrogen and oxygen atoms in total. The van der Waals surface area contributed by atoms with E-state index in [4.69, 9.17) is 5.11 Å². The van der Waals surface area contributed by atoms with Gasteiger partial charge in [-0.15, -0.1) is 0 Å². The molecule has 1 aliphatic rings. The molecular formula is C15H32N2O. The number of nitrogens with zero attached hydrogens (tertiary/aromatic N) is 1. The maximum Gasteiger partial charge on any atom is 0.0431 e. The highest BCUT2D eigenvalue weighted by molar-refractivity contribution is 4.78. The van der Waals surface area contributed by atoms with Crippen molar-refractivity contribution in [1.82, 2.24) is 10.2 Å². The average Bonchev–Trinajstić information content (AvgIpc) is 2.59. The number of aliphatic hydroxyl groups is 1. The van der Waals surface area contributed by atoms with Crippen LogP contribution in [0, 0.1) is 5.41 Å². The molecular weight excluding hydrogens is 224 g/mol. The summed E-state index contributed by atoms with van der Waals surface area (Å²) in [6.45, 7) is 11.9. The molecule has 0 aromatic rings. The Bertz CT molecular complexity index is 219. The van der Waals surface area contributed by atoms with Gasteiger partial charge in [-0.1, -0.05) is 20.8 Å². The predicted octanol–water partition coefficient (Wildman–Crippen LogP) is 2.25. The zero-order chi connectivity index (χ0) is 13.4. The van der Waals surface area contributed by atoms with Crippen LogP contribution in [0.5, 0.6) is 0 Å². The molecule has 2 N–H and O–H groups in total. The van der Waals surface area contributed by atoms with Crippen LogP contribution < -0.4 is 5.32 Å². The molecule has 1 saturated heterocycles. The van der Waals surface area contributed by atoms with Gasteiger partial charge in [0.05, 0.1) is 0 Å². The van der Waals surface area contributed by atoms with Crippen LogP contribution in [-0.4, -0.2) is 48.8 Å². The van der Waals surface area contributed by atoms with Crippen LogP contribution in [0.3, 0.4) is 0 Å². The first-order valence-corrected chi connectivity index (χ1v) is 7.64. The van der Waals surface area contributed by atoms with Gasteiger partial charge in [-0.25, -0.2) is 0 Å². The van der Waals surface area contributed by atoms with Gasteiger partial charge in [-0.2, -0.15) is 0 Å². The average molecular weight is 256 g/mol. The molecule has 0 aliphatic carbocycles. The van der Waals surface area contributed by atoms with Gasteiger partial charge in [-0.05, 0) is 57.2 Å². The number of hydrogen-bond acceptors (Lipinski definition) is 3. The Labute approximate surface area is 113 Å². The number of nitrogens with one attached hydrogen (secondary N) is 1. The standard InChI is InChI=1S/C15H32N2O/c1-4-17-10-5-7-14(8-11-17)16-13-15(2,3)9-6-12-18/h14,16,18H,4-13H2,1-3H3. The summed E-state index contributed by atoms with van der Waals surface area (Å²) < 4.78 is 0. The fourth-order valence-corrected chi connectivity index (χ4v) is 2.74. The highest BCUT2D eigenvalue weighted by Gasteiger charge is 2.21. The Kier molecular flexibility index (Phi) is 7.20. The second-order valence-electron chi connectivity index (χ2n) is 6.43. The van der Waals surface area contributed by atoms with Crippen molar-refractivity contribution in [3.63, 3.8) is 0 Å². The number of likely N-dealkylation sites (tertiary alicyclic amines) is 1. The summed E-state index contributed by atoms with van der Waals surface area (Å²) in [7, 11) is 0. The van der Waals surface area contributed by atoms with Gasteiger partial charge in [-0.3, -0.25) is 0 Å². The van der Waals surface area contributed by atoms with Gasteiger partial charge in [0.2, 0.25) is 0 Å². The third-order valence-electron chi connectivity index (χ3n) is 4.15. The van der Waals surface area contributed by atoms with E-state index in [0.29, 0.717) is 18.1 Å². The van der Waals surface area contributed by atoms with Crippen molar-refractivity contribution in [3.8, 4) is 0 Å². The highest BCUT2D eigenvalue weighted by atomic mass is 16.2. The van der Waals surface area contributed by atoms with E-state index in [0.717, 1.165) is 19.4 Å². The van der Waals surface area contributed by atoms with Crippen LogP contribution in [0.15, 0.2) is 0 Å². The van der Waals surface area contributed by atoms with Crippen molar-refractivity contribution in [3.05, 3.63) is 0 Å². The van der Waals surface area contributed by atoms with Crippen molar-refractivity contribution >= 4 is 0 Å². The summed E-state index contributed by atoms with van der Waals surface area (Å²) in [5.41, 5.74) is 0.305. The smallest absolute Gasteiger partial charge is 0.0431 e. The van der Waals surface area contributed by atoms with E-state index >= 15 is 0 Å². The van der Waals surface area contributed by atoms with Gasteiger partial charge in [0.25, 0.3) is 0 Å². The number of rotatable bonds is 7. The molecule has 1 heterocycles. The SMILES string of the molecule is CCN1CCCC(NCC(C)(C)CCCO)CC1. The van der Waals surface area contributed by atoms with Crippen molar-refractivity contribution in [2.24, 2.45) is 5.41 Å². The Balaban J connectivity index is 2.25. The minimum absolute atomic E-state index is 0.305. The Morgan fingerprint density at radius 2 is 2.06 bits per heavy atom. The largest absolute Gasteiger partial charge is 0.396 e. The van der Waals surface area contributed by atoms with Gasteiger partial charge >= 0.3 is 0 Å². The second-order valence-corrected chi connectivity index (χ2v) is 6.43. The van der Waals surface area contributed by atoms with Gasteiger partial charge in [0.15, 0.2) is 0 Å². The third-order valence-corrected chi connectivity index (χ3v) is 4.15. The molecule has 18 heavy (non-hydrogen) atoms. The molecule has 108 valence electrons. The molecule has 0 radical (unpaired) electrons. The van der Waals surface area contributed by atoms with Crippen molar-refractivity contribution in [2.75, 3.05) is 32.8 Å². The lowest BCUT2D eigenvalue weighted by molar-refractivity contribution is 0.229. The van der Waals surface area contributed by atoms with E-state index in [-0.39, 0.29) is 0 Å². The van der Waals surface area contributed by atoms with Crippen molar-refractivity contribution in [2.45, 2.75) is 58.9 Å². The second kappa shape index (κ2) is 8.13. The highest BCUT2D eigenvalue weighted by Crippen LogP contribution is 2.22. The Morgan fingerprint density at radius 1 is 1.28 bits per heavy atom.